The summed E-state index contributed by atoms with van der Waals surface area (Å²) >= 11 is 0. The lowest BCUT2D eigenvalue weighted by atomic mass is 9.79. The number of amidine groups is 1. The van der Waals surface area contributed by atoms with E-state index in [0.717, 1.165) is 57.7 Å². The topological polar surface area (TPSA) is 62.3 Å². The number of nitrogens with two attached hydrogens (primary N) is 1. The molecule has 0 aromatic heterocycles. The Balaban J connectivity index is 1.51. The summed E-state index contributed by atoms with van der Waals surface area (Å²) in [5.74, 6) is 1.41. The van der Waals surface area contributed by atoms with Gasteiger partial charge in [0.05, 0.1) is 12.4 Å². The van der Waals surface area contributed by atoms with Crippen LogP contribution >= 0.6 is 0 Å². The number of hydrogen-bond acceptors (Lipinski definition) is 3. The van der Waals surface area contributed by atoms with E-state index in [1.807, 2.05) is 0 Å². The number of piperidine rings is 1. The van der Waals surface area contributed by atoms with Crippen LogP contribution in [0.4, 0.5) is 0 Å². The second-order valence-electron chi connectivity index (χ2n) is 6.61. The fourth-order valence-corrected chi connectivity index (χ4v) is 3.22. The van der Waals surface area contributed by atoms with Gasteiger partial charge >= 0.3 is 0 Å². The zero-order chi connectivity index (χ0) is 14.9. The minimum atomic E-state index is -0.0819. The van der Waals surface area contributed by atoms with Crippen molar-refractivity contribution in [3.8, 4) is 5.75 Å². The predicted molar refractivity (Wildman–Crippen MR) is 85.0 cm³/mol. The summed E-state index contributed by atoms with van der Waals surface area (Å²) in [6, 6.07) is 6.60. The summed E-state index contributed by atoms with van der Waals surface area (Å²) < 4.78 is 5.55. The first kappa shape index (κ1) is 14.4. The Morgan fingerprint density at radius 1 is 1.38 bits per heavy atom. The molecule has 1 aromatic rings. The Hall–Kier alpha value is -1.55. The van der Waals surface area contributed by atoms with E-state index in [1.165, 1.54) is 11.1 Å². The van der Waals surface area contributed by atoms with Gasteiger partial charge in [0.25, 0.3) is 0 Å². The van der Waals surface area contributed by atoms with E-state index < -0.39 is 0 Å². The average molecular weight is 287 g/mol. The molecule has 0 radical (unpaired) electrons. The molecular weight excluding hydrogens is 262 g/mol. The van der Waals surface area contributed by atoms with Gasteiger partial charge in [-0.1, -0.05) is 19.1 Å². The third-order valence-corrected chi connectivity index (χ3v) is 5.08. The molecule has 0 unspecified atom stereocenters. The molecule has 0 saturated carbocycles. The lowest BCUT2D eigenvalue weighted by Gasteiger charge is -2.38. The Kier molecular flexibility index (Phi) is 3.89. The highest BCUT2D eigenvalue weighted by Gasteiger charge is 2.32. The fraction of sp³-hybridized carbons (Fsp3) is 0.588. The van der Waals surface area contributed by atoms with Crippen LogP contribution in [0.25, 0.3) is 0 Å². The minimum absolute atomic E-state index is 0.0819. The minimum Gasteiger partial charge on any atom is -0.493 e. The van der Waals surface area contributed by atoms with Crippen molar-refractivity contribution >= 4 is 5.84 Å². The maximum atomic E-state index is 7.71. The fourth-order valence-electron chi connectivity index (χ4n) is 3.22. The Morgan fingerprint density at radius 3 is 2.86 bits per heavy atom. The highest BCUT2D eigenvalue weighted by atomic mass is 16.5. The van der Waals surface area contributed by atoms with Crippen molar-refractivity contribution in [1.29, 1.82) is 5.41 Å². The summed E-state index contributed by atoms with van der Waals surface area (Å²) in [7, 11) is 0. The molecular formula is C17H25N3O. The second-order valence-corrected chi connectivity index (χ2v) is 6.61. The number of rotatable bonds is 4. The van der Waals surface area contributed by atoms with E-state index in [2.05, 4.69) is 30.0 Å². The smallest absolute Gasteiger partial charge is 0.122 e. The van der Waals surface area contributed by atoms with Crippen LogP contribution in [-0.2, 0) is 12.8 Å². The largest absolute Gasteiger partial charge is 0.493 e. The van der Waals surface area contributed by atoms with E-state index in [4.69, 9.17) is 15.9 Å². The van der Waals surface area contributed by atoms with Gasteiger partial charge in [0.2, 0.25) is 0 Å². The molecule has 4 nitrogen and oxygen atoms in total. The number of benzene rings is 1. The van der Waals surface area contributed by atoms with Crippen LogP contribution in [0.2, 0.25) is 0 Å². The van der Waals surface area contributed by atoms with Crippen molar-refractivity contribution in [3.05, 3.63) is 29.3 Å². The second kappa shape index (κ2) is 5.68. The molecule has 2 aliphatic heterocycles. The Morgan fingerprint density at radius 2 is 2.14 bits per heavy atom. The maximum Gasteiger partial charge on any atom is 0.122 e. The molecule has 0 amide bonds. The van der Waals surface area contributed by atoms with E-state index in [0.29, 0.717) is 5.84 Å². The first-order valence-corrected chi connectivity index (χ1v) is 7.88. The molecule has 0 atom stereocenters. The van der Waals surface area contributed by atoms with Crippen molar-refractivity contribution in [3.63, 3.8) is 0 Å². The molecule has 2 heterocycles. The zero-order valence-corrected chi connectivity index (χ0v) is 12.8. The summed E-state index contributed by atoms with van der Waals surface area (Å²) in [6.07, 6.45) is 4.13. The maximum absolute atomic E-state index is 7.71. The lowest BCUT2D eigenvalue weighted by Crippen LogP contribution is -2.45. The highest BCUT2D eigenvalue weighted by Crippen LogP contribution is 2.31. The lowest BCUT2D eigenvalue weighted by molar-refractivity contribution is 0.164. The van der Waals surface area contributed by atoms with Gasteiger partial charge < -0.3 is 15.4 Å². The molecule has 1 aromatic carbocycles. The van der Waals surface area contributed by atoms with Gasteiger partial charge in [-0.2, -0.15) is 0 Å². The number of likely N-dealkylation sites (tertiary alicyclic amines) is 1. The SMILES string of the molecule is CC1(C(=N)N)CCN(CCc2ccc3c(c2)CCO3)CC1. The number of nitrogens with zero attached hydrogens (tertiary/aromatic N) is 1. The van der Waals surface area contributed by atoms with Crippen LogP contribution in [-0.4, -0.2) is 37.0 Å². The first-order chi connectivity index (χ1) is 10.1. The average Bonchev–Trinajstić information content (AvgIpc) is 2.94. The number of hydrogen-bond donors (Lipinski definition) is 2. The van der Waals surface area contributed by atoms with E-state index in [1.54, 1.807) is 0 Å². The third kappa shape index (κ3) is 3.05. The Bertz CT molecular complexity index is 533. The summed E-state index contributed by atoms with van der Waals surface area (Å²) in [5, 5.41) is 7.71. The van der Waals surface area contributed by atoms with Crippen molar-refractivity contribution in [2.45, 2.75) is 32.6 Å². The van der Waals surface area contributed by atoms with Gasteiger partial charge in [-0.15, -0.1) is 0 Å². The van der Waals surface area contributed by atoms with E-state index in [9.17, 15) is 0 Å². The first-order valence-electron chi connectivity index (χ1n) is 7.88. The van der Waals surface area contributed by atoms with E-state index >= 15 is 0 Å². The number of nitrogens with one attached hydrogen (secondary N) is 1. The summed E-state index contributed by atoms with van der Waals surface area (Å²) in [5.41, 5.74) is 8.39. The van der Waals surface area contributed by atoms with Crippen LogP contribution in [0.1, 0.15) is 30.9 Å². The van der Waals surface area contributed by atoms with Crippen LogP contribution in [0.15, 0.2) is 18.2 Å². The monoisotopic (exact) mass is 287 g/mol. The van der Waals surface area contributed by atoms with Gasteiger partial charge in [-0.05, 0) is 49.5 Å². The molecule has 1 fully saturated rings. The van der Waals surface area contributed by atoms with Crippen molar-refractivity contribution in [2.24, 2.45) is 11.1 Å². The molecule has 1 saturated heterocycles. The molecule has 4 heteroatoms. The van der Waals surface area contributed by atoms with Crippen LogP contribution in [0.5, 0.6) is 5.75 Å². The molecule has 3 N–H and O–H groups in total. The van der Waals surface area contributed by atoms with Gasteiger partial charge in [-0.3, -0.25) is 5.41 Å². The molecule has 114 valence electrons. The molecule has 3 rings (SSSR count). The third-order valence-electron chi connectivity index (χ3n) is 5.08. The molecule has 0 aliphatic carbocycles. The molecule has 2 aliphatic rings. The highest BCUT2D eigenvalue weighted by molar-refractivity contribution is 5.83. The van der Waals surface area contributed by atoms with Crippen molar-refractivity contribution in [2.75, 3.05) is 26.2 Å². The Labute approximate surface area is 126 Å². The van der Waals surface area contributed by atoms with Crippen LogP contribution in [0.3, 0.4) is 0 Å². The van der Waals surface area contributed by atoms with E-state index in [-0.39, 0.29) is 5.41 Å². The molecule has 21 heavy (non-hydrogen) atoms. The number of fused-ring (bicyclic) bond motifs is 1. The van der Waals surface area contributed by atoms with Crippen molar-refractivity contribution < 1.29 is 4.74 Å². The standard InChI is InChI=1S/C17H25N3O/c1-17(16(18)19)6-9-20(10-7-17)8-4-13-2-3-15-14(12-13)5-11-21-15/h2-3,12H,4-11H2,1H3,(H3,18,19). The van der Waals surface area contributed by atoms with Crippen molar-refractivity contribution in [1.82, 2.24) is 4.90 Å². The molecule has 0 bridgehead atoms. The summed E-state index contributed by atoms with van der Waals surface area (Å²) in [6.45, 7) is 6.13. The van der Waals surface area contributed by atoms with Gasteiger partial charge in [0.15, 0.2) is 0 Å². The molecule has 0 spiro atoms. The normalized spacial score (nSPS) is 20.8. The van der Waals surface area contributed by atoms with Crippen LogP contribution < -0.4 is 10.5 Å². The summed E-state index contributed by atoms with van der Waals surface area (Å²) in [4.78, 5) is 2.49. The predicted octanol–water partition coefficient (Wildman–Crippen LogP) is 2.20. The van der Waals surface area contributed by atoms with Gasteiger partial charge in [0.1, 0.15) is 5.75 Å². The van der Waals surface area contributed by atoms with Gasteiger partial charge in [0, 0.05) is 18.4 Å². The number of ether oxygens (including phenoxy) is 1. The van der Waals surface area contributed by atoms with Crippen LogP contribution in [0, 0.1) is 10.8 Å². The zero-order valence-electron chi connectivity index (χ0n) is 12.8. The van der Waals surface area contributed by atoms with Gasteiger partial charge in [-0.25, -0.2) is 0 Å². The quantitative estimate of drug-likeness (QED) is 0.659.